The Morgan fingerprint density at radius 2 is 1.79 bits per heavy atom. The Morgan fingerprint density at radius 1 is 1.02 bits per heavy atom. The summed E-state index contributed by atoms with van der Waals surface area (Å²) >= 11 is 0. The van der Waals surface area contributed by atoms with E-state index >= 15 is 0 Å². The molecule has 0 radical (unpaired) electrons. The predicted molar refractivity (Wildman–Crippen MR) is 179 cm³/mol. The minimum Gasteiger partial charge on any atom is -0.493 e. The van der Waals surface area contributed by atoms with Crippen molar-refractivity contribution >= 4 is 34.8 Å². The summed E-state index contributed by atoms with van der Waals surface area (Å²) in [5.74, 6) is 0.844. The van der Waals surface area contributed by atoms with E-state index in [1.54, 1.807) is 38.5 Å². The molecule has 3 atom stereocenters. The average molecular weight is 645 g/mol. The molecule has 12 nitrogen and oxygen atoms in total. The first-order valence-corrected chi connectivity index (χ1v) is 15.5. The third kappa shape index (κ3) is 6.81. The van der Waals surface area contributed by atoms with Crippen LogP contribution in [-0.2, 0) is 20.8 Å². The highest BCUT2D eigenvalue weighted by Gasteiger charge is 2.31. The molecule has 0 saturated heterocycles. The topological polar surface area (TPSA) is 153 Å². The van der Waals surface area contributed by atoms with Gasteiger partial charge in [-0.3, -0.25) is 19.2 Å². The lowest BCUT2D eigenvalue weighted by atomic mass is 9.95. The molecular weight excluding hydrogens is 604 g/mol. The van der Waals surface area contributed by atoms with Crippen molar-refractivity contribution in [3.05, 3.63) is 63.8 Å². The van der Waals surface area contributed by atoms with E-state index in [1.165, 1.54) is 20.1 Å². The molecule has 3 amide bonds. The van der Waals surface area contributed by atoms with Crippen LogP contribution in [0.2, 0.25) is 0 Å². The molecule has 2 aliphatic rings. The Bertz CT molecular complexity index is 1780. The summed E-state index contributed by atoms with van der Waals surface area (Å²) in [5.41, 5.74) is 3.83. The molecule has 47 heavy (non-hydrogen) atoms. The number of benzene rings is 2. The van der Waals surface area contributed by atoms with Crippen LogP contribution in [0.4, 0.5) is 17.1 Å². The van der Waals surface area contributed by atoms with E-state index in [-0.39, 0.29) is 41.4 Å². The van der Waals surface area contributed by atoms with Crippen LogP contribution in [0.15, 0.2) is 47.3 Å². The number of amides is 3. The van der Waals surface area contributed by atoms with Crippen LogP contribution in [0.5, 0.6) is 23.0 Å². The van der Waals surface area contributed by atoms with Gasteiger partial charge in [-0.05, 0) is 65.8 Å². The number of hydrogen-bond donors (Lipinski definition) is 4. The van der Waals surface area contributed by atoms with Crippen LogP contribution in [0, 0.1) is 5.92 Å². The molecule has 3 aromatic carbocycles. The van der Waals surface area contributed by atoms with E-state index in [0.29, 0.717) is 64.8 Å². The molecule has 5 rings (SSSR count). The van der Waals surface area contributed by atoms with Gasteiger partial charge in [-0.25, -0.2) is 0 Å². The van der Waals surface area contributed by atoms with E-state index in [2.05, 4.69) is 21.3 Å². The summed E-state index contributed by atoms with van der Waals surface area (Å²) < 4.78 is 22.6. The summed E-state index contributed by atoms with van der Waals surface area (Å²) in [6.45, 7) is 5.23. The van der Waals surface area contributed by atoms with Gasteiger partial charge in [0.2, 0.25) is 23.0 Å². The molecule has 1 heterocycles. The Morgan fingerprint density at radius 3 is 2.47 bits per heavy atom. The smallest absolute Gasteiger partial charge is 0.262 e. The largest absolute Gasteiger partial charge is 0.493 e. The number of aryl methyl sites for hydroxylation is 1. The standard InChI is InChI=1S/C35H40N4O8/c1-7-18(2)32(35(43)37-21-9-12-26-28(15-21)47-17-30(42)38-26)39-25-13-10-22-23(16-27(25)41)24(36-19(3)40)11-8-20-14-29(44-4)33(45-5)34(46-6)31(20)22/h9-10,12-16,18,24,32H,7-8,11,17H2,1-6H3,(H,36,40)(H,37,43)(H,38,42)(H,39,41)/t18-,24+,32+/m1/s1. The first-order chi connectivity index (χ1) is 22.6. The Balaban J connectivity index is 1.56. The monoisotopic (exact) mass is 644 g/mol. The summed E-state index contributed by atoms with van der Waals surface area (Å²) in [5, 5.41) is 11.9. The van der Waals surface area contributed by atoms with Crippen molar-refractivity contribution in [1.82, 2.24) is 5.32 Å². The summed E-state index contributed by atoms with van der Waals surface area (Å²) in [4.78, 5) is 51.6. The minimum absolute atomic E-state index is 0.109. The van der Waals surface area contributed by atoms with Crippen molar-refractivity contribution in [1.29, 1.82) is 0 Å². The highest BCUT2D eigenvalue weighted by Crippen LogP contribution is 2.50. The van der Waals surface area contributed by atoms with E-state index in [0.717, 1.165) is 11.1 Å². The van der Waals surface area contributed by atoms with Crippen LogP contribution >= 0.6 is 0 Å². The van der Waals surface area contributed by atoms with Gasteiger partial charge in [0, 0.05) is 24.2 Å². The average Bonchev–Trinajstić information content (AvgIpc) is 3.30. The van der Waals surface area contributed by atoms with Gasteiger partial charge in [0.05, 0.1) is 38.7 Å². The van der Waals surface area contributed by atoms with Gasteiger partial charge in [-0.2, -0.15) is 0 Å². The summed E-state index contributed by atoms with van der Waals surface area (Å²) in [6.07, 6.45) is 1.76. The van der Waals surface area contributed by atoms with Gasteiger partial charge in [0.1, 0.15) is 11.8 Å². The van der Waals surface area contributed by atoms with Gasteiger partial charge >= 0.3 is 0 Å². The molecule has 1 aliphatic carbocycles. The second-order valence-electron chi connectivity index (χ2n) is 11.6. The third-order valence-electron chi connectivity index (χ3n) is 8.60. The number of carbonyl (C=O) groups excluding carboxylic acids is 3. The molecule has 3 aromatic rings. The number of fused-ring (bicyclic) bond motifs is 4. The van der Waals surface area contributed by atoms with Gasteiger partial charge in [0.15, 0.2) is 18.1 Å². The highest BCUT2D eigenvalue weighted by molar-refractivity contribution is 5.99. The summed E-state index contributed by atoms with van der Waals surface area (Å²) in [6, 6.07) is 10.6. The van der Waals surface area contributed by atoms with Crippen molar-refractivity contribution in [2.24, 2.45) is 5.92 Å². The van der Waals surface area contributed by atoms with Crippen LogP contribution in [0.25, 0.3) is 11.1 Å². The lowest BCUT2D eigenvalue weighted by Gasteiger charge is -2.24. The second kappa shape index (κ2) is 14.0. The van der Waals surface area contributed by atoms with Gasteiger partial charge in [-0.1, -0.05) is 26.3 Å². The highest BCUT2D eigenvalue weighted by atomic mass is 16.5. The second-order valence-corrected chi connectivity index (χ2v) is 11.6. The Kier molecular flexibility index (Phi) is 9.88. The maximum atomic E-state index is 13.9. The number of nitrogens with one attached hydrogen (secondary N) is 4. The third-order valence-corrected chi connectivity index (χ3v) is 8.60. The van der Waals surface area contributed by atoms with Crippen LogP contribution in [-0.4, -0.2) is 51.7 Å². The Labute approximate surface area is 273 Å². The van der Waals surface area contributed by atoms with Gasteiger partial charge in [-0.15, -0.1) is 0 Å². The maximum absolute atomic E-state index is 13.9. The van der Waals surface area contributed by atoms with Crippen molar-refractivity contribution in [2.45, 2.75) is 52.1 Å². The van der Waals surface area contributed by atoms with E-state index in [9.17, 15) is 19.2 Å². The molecule has 1 aliphatic heterocycles. The van der Waals surface area contributed by atoms with Crippen LogP contribution in [0.1, 0.15) is 50.8 Å². The van der Waals surface area contributed by atoms with Crippen LogP contribution in [0.3, 0.4) is 0 Å². The first-order valence-electron chi connectivity index (χ1n) is 15.5. The number of rotatable bonds is 10. The first kappa shape index (κ1) is 33.1. The molecule has 0 spiro atoms. The molecular formula is C35H40N4O8. The summed E-state index contributed by atoms with van der Waals surface area (Å²) in [7, 11) is 4.63. The van der Waals surface area contributed by atoms with Crippen molar-refractivity contribution < 1.29 is 33.3 Å². The molecule has 0 bridgehead atoms. The molecule has 0 unspecified atom stereocenters. The fourth-order valence-corrected chi connectivity index (χ4v) is 6.07. The SMILES string of the molecule is CC[C@@H](C)[C@H](Nc1ccc2c(cc1=O)[C@@H](NC(C)=O)CCc1cc(OC)c(OC)c(OC)c1-2)C(=O)Nc1ccc2c(c1)OCC(=O)N2. The quantitative estimate of drug-likeness (QED) is 0.247. The molecule has 4 N–H and O–H groups in total. The van der Waals surface area contributed by atoms with Crippen molar-refractivity contribution in [2.75, 3.05) is 43.9 Å². The number of hydrogen-bond acceptors (Lipinski definition) is 9. The molecule has 0 aromatic heterocycles. The van der Waals surface area contributed by atoms with Crippen LogP contribution < -0.4 is 45.6 Å². The molecule has 248 valence electrons. The zero-order valence-corrected chi connectivity index (χ0v) is 27.4. The number of ether oxygens (including phenoxy) is 4. The number of carbonyl (C=O) groups is 3. The van der Waals surface area contributed by atoms with E-state index in [1.807, 2.05) is 26.0 Å². The minimum atomic E-state index is -0.774. The predicted octanol–water partition coefficient (Wildman–Crippen LogP) is 4.66. The normalized spacial score (nSPS) is 16.0. The Hall–Kier alpha value is -5.26. The van der Waals surface area contributed by atoms with Gasteiger partial charge < -0.3 is 40.2 Å². The molecule has 12 heteroatoms. The lowest BCUT2D eigenvalue weighted by Crippen LogP contribution is -2.40. The van der Waals surface area contributed by atoms with E-state index in [4.69, 9.17) is 18.9 Å². The maximum Gasteiger partial charge on any atom is 0.262 e. The lowest BCUT2D eigenvalue weighted by molar-refractivity contribution is -0.120. The zero-order chi connectivity index (χ0) is 33.8. The zero-order valence-electron chi connectivity index (χ0n) is 27.4. The fraction of sp³-hybridized carbons (Fsp3) is 0.371. The van der Waals surface area contributed by atoms with Gasteiger partial charge in [0.25, 0.3) is 5.91 Å². The number of methoxy groups -OCH3 is 3. The molecule has 0 saturated carbocycles. The molecule has 0 fully saturated rings. The van der Waals surface area contributed by atoms with Crippen molar-refractivity contribution in [3.63, 3.8) is 0 Å². The number of anilines is 3. The fourth-order valence-electron chi connectivity index (χ4n) is 6.07. The van der Waals surface area contributed by atoms with Crippen molar-refractivity contribution in [3.8, 4) is 34.1 Å². The van der Waals surface area contributed by atoms with E-state index < -0.39 is 12.1 Å².